The summed E-state index contributed by atoms with van der Waals surface area (Å²) in [5.74, 6) is 0.464. The van der Waals surface area contributed by atoms with Crippen LogP contribution in [0.5, 0.6) is 0 Å². The maximum Gasteiger partial charge on any atom is 0.0965 e. The summed E-state index contributed by atoms with van der Waals surface area (Å²) in [7, 11) is 0. The molecule has 3 N–H and O–H groups in total. The fraction of sp³-hybridized carbons (Fsp3) is 0.727. The highest BCUT2D eigenvalue weighted by Crippen LogP contribution is 2.16. The minimum absolute atomic E-state index is 0.164. The van der Waals surface area contributed by atoms with Crippen molar-refractivity contribution in [2.45, 2.75) is 31.4 Å². The molecule has 16 heavy (non-hydrogen) atoms. The summed E-state index contributed by atoms with van der Waals surface area (Å²) in [5, 5.41) is 19.3. The SMILES string of the molecule is CC(CNCC1CC(O)CN1)c1nccs1. The van der Waals surface area contributed by atoms with E-state index in [2.05, 4.69) is 22.5 Å². The van der Waals surface area contributed by atoms with Crippen molar-refractivity contribution in [2.24, 2.45) is 0 Å². The summed E-state index contributed by atoms with van der Waals surface area (Å²) in [6, 6.07) is 0.415. The number of aliphatic hydroxyl groups excluding tert-OH is 1. The molecule has 1 fully saturated rings. The third kappa shape index (κ3) is 3.25. The van der Waals surface area contributed by atoms with Gasteiger partial charge in [0.15, 0.2) is 0 Å². The zero-order valence-electron chi connectivity index (χ0n) is 9.52. The number of aromatic nitrogens is 1. The van der Waals surface area contributed by atoms with Gasteiger partial charge in [-0.1, -0.05) is 6.92 Å². The van der Waals surface area contributed by atoms with E-state index in [0.29, 0.717) is 12.0 Å². The molecule has 5 heteroatoms. The van der Waals surface area contributed by atoms with E-state index in [1.54, 1.807) is 11.3 Å². The van der Waals surface area contributed by atoms with Crippen LogP contribution >= 0.6 is 11.3 Å². The number of aliphatic hydroxyl groups is 1. The Labute approximate surface area is 100 Å². The van der Waals surface area contributed by atoms with Crippen LogP contribution in [0.4, 0.5) is 0 Å². The average molecular weight is 241 g/mol. The molecular formula is C11H19N3OS. The molecule has 90 valence electrons. The number of nitrogens with zero attached hydrogens (tertiary/aromatic N) is 1. The molecule has 0 aromatic carbocycles. The topological polar surface area (TPSA) is 57.2 Å². The lowest BCUT2D eigenvalue weighted by Crippen LogP contribution is -2.35. The van der Waals surface area contributed by atoms with Gasteiger partial charge in [0.25, 0.3) is 0 Å². The first kappa shape index (κ1) is 12.0. The van der Waals surface area contributed by atoms with E-state index in [-0.39, 0.29) is 6.10 Å². The summed E-state index contributed by atoms with van der Waals surface area (Å²) in [5.41, 5.74) is 0. The van der Waals surface area contributed by atoms with Crippen LogP contribution in [-0.4, -0.2) is 41.9 Å². The Hall–Kier alpha value is -0.490. The lowest BCUT2D eigenvalue weighted by molar-refractivity contribution is 0.193. The van der Waals surface area contributed by atoms with E-state index >= 15 is 0 Å². The van der Waals surface area contributed by atoms with Gasteiger partial charge in [-0.2, -0.15) is 0 Å². The van der Waals surface area contributed by atoms with Gasteiger partial charge in [-0.3, -0.25) is 0 Å². The Morgan fingerprint density at radius 1 is 1.75 bits per heavy atom. The highest BCUT2D eigenvalue weighted by Gasteiger charge is 2.21. The third-order valence-electron chi connectivity index (χ3n) is 2.91. The van der Waals surface area contributed by atoms with Gasteiger partial charge in [-0.25, -0.2) is 4.98 Å². The number of hydrogen-bond acceptors (Lipinski definition) is 5. The van der Waals surface area contributed by atoms with Crippen molar-refractivity contribution in [1.82, 2.24) is 15.6 Å². The highest BCUT2D eigenvalue weighted by molar-refractivity contribution is 7.09. The van der Waals surface area contributed by atoms with Crippen LogP contribution in [0.1, 0.15) is 24.3 Å². The van der Waals surface area contributed by atoms with Crippen LogP contribution in [0.15, 0.2) is 11.6 Å². The van der Waals surface area contributed by atoms with Crippen LogP contribution in [0, 0.1) is 0 Å². The molecule has 1 aromatic heterocycles. The molecule has 1 aliphatic rings. The molecule has 2 heterocycles. The van der Waals surface area contributed by atoms with Crippen LogP contribution in [0.3, 0.4) is 0 Å². The van der Waals surface area contributed by atoms with Crippen LogP contribution in [0.2, 0.25) is 0 Å². The Morgan fingerprint density at radius 2 is 2.62 bits per heavy atom. The normalized spacial score (nSPS) is 27.1. The van der Waals surface area contributed by atoms with Gasteiger partial charge in [-0.15, -0.1) is 11.3 Å². The molecule has 0 bridgehead atoms. The summed E-state index contributed by atoms with van der Waals surface area (Å²) in [6.45, 7) is 4.78. The number of hydrogen-bond donors (Lipinski definition) is 3. The van der Waals surface area contributed by atoms with Crippen LogP contribution in [-0.2, 0) is 0 Å². The van der Waals surface area contributed by atoms with Gasteiger partial charge < -0.3 is 15.7 Å². The Balaban J connectivity index is 1.64. The van der Waals surface area contributed by atoms with Gasteiger partial charge in [0.05, 0.1) is 11.1 Å². The number of β-amino-alcohol motifs (C(OH)–C–C–N with tert-alkyl or cyclic N) is 1. The fourth-order valence-electron chi connectivity index (χ4n) is 1.99. The standard InChI is InChI=1S/C11H19N3OS/c1-8(11-13-2-3-16-11)5-12-6-9-4-10(15)7-14-9/h2-3,8-10,12,14-15H,4-7H2,1H3. The lowest BCUT2D eigenvalue weighted by Gasteiger charge is -2.14. The molecule has 1 saturated heterocycles. The number of nitrogens with one attached hydrogen (secondary N) is 2. The number of rotatable bonds is 5. The zero-order valence-corrected chi connectivity index (χ0v) is 10.3. The largest absolute Gasteiger partial charge is 0.392 e. The monoisotopic (exact) mass is 241 g/mol. The van der Waals surface area contributed by atoms with Crippen molar-refractivity contribution < 1.29 is 5.11 Å². The van der Waals surface area contributed by atoms with E-state index < -0.39 is 0 Å². The third-order valence-corrected chi connectivity index (χ3v) is 3.92. The van der Waals surface area contributed by atoms with Crippen molar-refractivity contribution in [3.63, 3.8) is 0 Å². The fourth-order valence-corrected chi connectivity index (χ4v) is 2.69. The van der Waals surface area contributed by atoms with Crippen molar-refractivity contribution in [3.8, 4) is 0 Å². The molecule has 4 nitrogen and oxygen atoms in total. The summed E-state index contributed by atoms with van der Waals surface area (Å²) in [4.78, 5) is 4.30. The molecule has 0 amide bonds. The average Bonchev–Trinajstić information content (AvgIpc) is 2.89. The molecule has 2 rings (SSSR count). The van der Waals surface area contributed by atoms with Crippen molar-refractivity contribution in [2.75, 3.05) is 19.6 Å². The summed E-state index contributed by atoms with van der Waals surface area (Å²) in [6.07, 6.45) is 2.55. The van der Waals surface area contributed by atoms with Gasteiger partial charge in [0.2, 0.25) is 0 Å². The van der Waals surface area contributed by atoms with Gasteiger partial charge in [0.1, 0.15) is 0 Å². The maximum atomic E-state index is 9.36. The molecule has 1 aliphatic heterocycles. The first-order valence-corrected chi connectivity index (χ1v) is 6.65. The van der Waals surface area contributed by atoms with Gasteiger partial charge >= 0.3 is 0 Å². The highest BCUT2D eigenvalue weighted by atomic mass is 32.1. The minimum Gasteiger partial charge on any atom is -0.392 e. The lowest BCUT2D eigenvalue weighted by atomic mass is 10.1. The maximum absolute atomic E-state index is 9.36. The molecule has 0 aliphatic carbocycles. The van der Waals surface area contributed by atoms with E-state index in [0.717, 1.165) is 26.1 Å². The predicted octanol–water partition coefficient (Wildman–Crippen LogP) is 0.559. The second-order valence-corrected chi connectivity index (χ2v) is 5.35. The van der Waals surface area contributed by atoms with Crippen molar-refractivity contribution >= 4 is 11.3 Å². The van der Waals surface area contributed by atoms with Gasteiger partial charge in [0, 0.05) is 43.2 Å². The molecule has 0 saturated carbocycles. The Morgan fingerprint density at radius 3 is 3.25 bits per heavy atom. The minimum atomic E-state index is -0.164. The molecule has 0 spiro atoms. The van der Waals surface area contributed by atoms with Crippen LogP contribution < -0.4 is 10.6 Å². The second kappa shape index (κ2) is 5.72. The van der Waals surface area contributed by atoms with Gasteiger partial charge in [-0.05, 0) is 6.42 Å². The van der Waals surface area contributed by atoms with Crippen LogP contribution in [0.25, 0.3) is 0 Å². The summed E-state index contributed by atoms with van der Waals surface area (Å²) < 4.78 is 0. The van der Waals surface area contributed by atoms with Crippen molar-refractivity contribution in [1.29, 1.82) is 0 Å². The van der Waals surface area contributed by atoms with E-state index in [1.807, 2.05) is 11.6 Å². The summed E-state index contributed by atoms with van der Waals surface area (Å²) >= 11 is 1.71. The second-order valence-electron chi connectivity index (χ2n) is 4.42. The Bertz CT molecular complexity index is 304. The smallest absolute Gasteiger partial charge is 0.0965 e. The predicted molar refractivity (Wildman–Crippen MR) is 65.8 cm³/mol. The molecule has 3 unspecified atom stereocenters. The molecular weight excluding hydrogens is 222 g/mol. The molecule has 3 atom stereocenters. The molecule has 1 aromatic rings. The zero-order chi connectivity index (χ0) is 11.4. The molecule has 0 radical (unpaired) electrons. The van der Waals surface area contributed by atoms with Crippen molar-refractivity contribution in [3.05, 3.63) is 16.6 Å². The van der Waals surface area contributed by atoms with E-state index in [4.69, 9.17) is 0 Å². The van der Waals surface area contributed by atoms with E-state index in [9.17, 15) is 5.11 Å². The quantitative estimate of drug-likeness (QED) is 0.705. The first-order chi connectivity index (χ1) is 7.75. The van der Waals surface area contributed by atoms with E-state index in [1.165, 1.54) is 5.01 Å². The first-order valence-electron chi connectivity index (χ1n) is 5.77. The Kier molecular flexibility index (Phi) is 4.29. The number of thiazole rings is 1.